The van der Waals surface area contributed by atoms with Crippen molar-refractivity contribution in [3.8, 4) is 6.07 Å². The second kappa shape index (κ2) is 4.34. The van der Waals surface area contributed by atoms with Gasteiger partial charge in [-0.1, -0.05) is 11.3 Å². The molecule has 7 heteroatoms. The first kappa shape index (κ1) is 10.1. The van der Waals surface area contributed by atoms with Crippen LogP contribution >= 0.6 is 11.3 Å². The average Bonchev–Trinajstić information content (AvgIpc) is 2.62. The maximum absolute atomic E-state index is 11.1. The quantitative estimate of drug-likeness (QED) is 0.428. The number of hydrogen-bond donors (Lipinski definition) is 0. The van der Waals surface area contributed by atoms with Gasteiger partial charge < -0.3 is 4.74 Å². The van der Waals surface area contributed by atoms with E-state index in [1.54, 1.807) is 6.07 Å². The molecule has 0 saturated carbocycles. The largest absolute Gasteiger partial charge is 0.446 e. The summed E-state index contributed by atoms with van der Waals surface area (Å²) in [5.74, 6) is -0.718. The highest BCUT2D eigenvalue weighted by molar-refractivity contribution is 7.17. The smallest absolute Gasteiger partial charge is 0.349 e. The van der Waals surface area contributed by atoms with E-state index < -0.39 is 10.9 Å². The van der Waals surface area contributed by atoms with Crippen molar-refractivity contribution in [3.05, 3.63) is 27.1 Å². The molecule has 0 saturated heterocycles. The van der Waals surface area contributed by atoms with Crippen molar-refractivity contribution in [1.29, 1.82) is 5.26 Å². The SMILES string of the molecule is N#CCOC(=O)c1ccc([N+](=O)[O-])s1. The van der Waals surface area contributed by atoms with Crippen LogP contribution in [0.4, 0.5) is 5.00 Å². The molecule has 0 fully saturated rings. The van der Waals surface area contributed by atoms with E-state index in [2.05, 4.69) is 4.74 Å². The number of hydrogen-bond acceptors (Lipinski definition) is 6. The number of ether oxygens (including phenoxy) is 1. The van der Waals surface area contributed by atoms with Crippen LogP contribution in [0, 0.1) is 21.4 Å². The van der Waals surface area contributed by atoms with Gasteiger partial charge in [0.25, 0.3) is 0 Å². The minimum atomic E-state index is -0.718. The Morgan fingerprint density at radius 2 is 2.43 bits per heavy atom. The molecule has 0 aliphatic carbocycles. The Labute approximate surface area is 82.5 Å². The Bertz CT molecular complexity index is 406. The van der Waals surface area contributed by atoms with Crippen molar-refractivity contribution in [1.82, 2.24) is 0 Å². The number of thiophene rings is 1. The summed E-state index contributed by atoms with van der Waals surface area (Å²) < 4.78 is 4.46. The Kier molecular flexibility index (Phi) is 3.14. The fraction of sp³-hybridized carbons (Fsp3) is 0.143. The third-order valence-corrected chi connectivity index (χ3v) is 2.26. The number of carbonyl (C=O) groups excluding carboxylic acids is 1. The van der Waals surface area contributed by atoms with Crippen LogP contribution in [0.1, 0.15) is 9.67 Å². The highest BCUT2D eigenvalue weighted by atomic mass is 32.1. The van der Waals surface area contributed by atoms with Gasteiger partial charge in [-0.15, -0.1) is 0 Å². The first-order chi connectivity index (χ1) is 6.65. The van der Waals surface area contributed by atoms with Gasteiger partial charge in [0, 0.05) is 6.07 Å². The van der Waals surface area contributed by atoms with Gasteiger partial charge in [0.05, 0.1) is 4.92 Å². The Balaban J connectivity index is 2.72. The van der Waals surface area contributed by atoms with E-state index in [0.717, 1.165) is 0 Å². The lowest BCUT2D eigenvalue weighted by Crippen LogP contribution is -2.02. The molecule has 1 heterocycles. The standard InChI is InChI=1S/C7H4N2O4S/c8-3-4-13-7(10)5-1-2-6(14-5)9(11)12/h1-2H,4H2. The van der Waals surface area contributed by atoms with Gasteiger partial charge in [-0.05, 0) is 6.07 Å². The van der Waals surface area contributed by atoms with E-state index >= 15 is 0 Å². The summed E-state index contributed by atoms with van der Waals surface area (Å²) in [6, 6.07) is 4.14. The Morgan fingerprint density at radius 1 is 1.71 bits per heavy atom. The van der Waals surface area contributed by atoms with Crippen molar-refractivity contribution in [2.75, 3.05) is 6.61 Å². The summed E-state index contributed by atoms with van der Waals surface area (Å²) >= 11 is 0.716. The number of nitrogens with zero attached hydrogens (tertiary/aromatic N) is 2. The van der Waals surface area contributed by atoms with Crippen molar-refractivity contribution in [3.63, 3.8) is 0 Å². The van der Waals surface area contributed by atoms with Gasteiger partial charge in [0.2, 0.25) is 0 Å². The van der Waals surface area contributed by atoms with E-state index in [0.29, 0.717) is 11.3 Å². The van der Waals surface area contributed by atoms with Crippen LogP contribution in [0.15, 0.2) is 12.1 Å². The van der Waals surface area contributed by atoms with Gasteiger partial charge in [0.1, 0.15) is 10.9 Å². The normalized spacial score (nSPS) is 9.07. The maximum Gasteiger partial charge on any atom is 0.349 e. The monoisotopic (exact) mass is 212 g/mol. The van der Waals surface area contributed by atoms with Crippen LogP contribution in [0.5, 0.6) is 0 Å². The van der Waals surface area contributed by atoms with Crippen molar-refractivity contribution < 1.29 is 14.5 Å². The fourth-order valence-electron chi connectivity index (χ4n) is 0.704. The molecule has 1 aromatic heterocycles. The molecule has 0 radical (unpaired) electrons. The first-order valence-electron chi connectivity index (χ1n) is 3.43. The molecular weight excluding hydrogens is 208 g/mol. The van der Waals surface area contributed by atoms with Crippen LogP contribution in [0.2, 0.25) is 0 Å². The fourth-order valence-corrected chi connectivity index (χ4v) is 1.42. The molecule has 0 aromatic carbocycles. The predicted octanol–water partition coefficient (Wildman–Crippen LogP) is 1.34. The first-order valence-corrected chi connectivity index (χ1v) is 4.25. The number of carbonyl (C=O) groups is 1. The molecule has 1 rings (SSSR count). The zero-order chi connectivity index (χ0) is 10.6. The molecule has 14 heavy (non-hydrogen) atoms. The molecule has 0 bridgehead atoms. The van der Waals surface area contributed by atoms with Crippen molar-refractivity contribution in [2.24, 2.45) is 0 Å². The van der Waals surface area contributed by atoms with Gasteiger partial charge in [0.15, 0.2) is 6.61 Å². The number of nitro groups is 1. The highest BCUT2D eigenvalue weighted by Gasteiger charge is 2.15. The Morgan fingerprint density at radius 3 is 2.93 bits per heavy atom. The topological polar surface area (TPSA) is 93.2 Å². The second-order valence-electron chi connectivity index (χ2n) is 2.13. The second-order valence-corrected chi connectivity index (χ2v) is 3.19. The Hall–Kier alpha value is -1.94. The minimum absolute atomic E-state index is 0.118. The summed E-state index contributed by atoms with van der Waals surface area (Å²) in [5, 5.41) is 18.3. The lowest BCUT2D eigenvalue weighted by molar-refractivity contribution is -0.380. The van der Waals surface area contributed by atoms with Crippen molar-refractivity contribution >= 4 is 22.3 Å². The molecule has 1 aromatic rings. The average molecular weight is 212 g/mol. The summed E-state index contributed by atoms with van der Waals surface area (Å²) in [6.45, 7) is -0.357. The molecule has 0 unspecified atom stereocenters. The van der Waals surface area contributed by atoms with Gasteiger partial charge in [-0.3, -0.25) is 10.1 Å². The van der Waals surface area contributed by atoms with Crippen LogP contribution in [-0.2, 0) is 4.74 Å². The molecule has 0 atom stereocenters. The molecule has 0 N–H and O–H groups in total. The predicted molar refractivity (Wildman–Crippen MR) is 46.9 cm³/mol. The van der Waals surface area contributed by atoms with Crippen LogP contribution in [0.3, 0.4) is 0 Å². The highest BCUT2D eigenvalue weighted by Crippen LogP contribution is 2.24. The van der Waals surface area contributed by atoms with E-state index in [4.69, 9.17) is 5.26 Å². The van der Waals surface area contributed by atoms with Crippen LogP contribution in [0.25, 0.3) is 0 Å². The number of nitriles is 1. The van der Waals surface area contributed by atoms with Crippen LogP contribution in [-0.4, -0.2) is 17.5 Å². The molecule has 0 amide bonds. The van der Waals surface area contributed by atoms with Gasteiger partial charge in [-0.2, -0.15) is 5.26 Å². The summed E-state index contributed by atoms with van der Waals surface area (Å²) in [5.41, 5.74) is 0. The molecular formula is C7H4N2O4S. The van der Waals surface area contributed by atoms with Gasteiger partial charge in [-0.25, -0.2) is 4.79 Å². The molecule has 0 spiro atoms. The summed E-state index contributed by atoms with van der Waals surface area (Å²) in [6.07, 6.45) is 0. The summed E-state index contributed by atoms with van der Waals surface area (Å²) in [4.78, 5) is 20.8. The van der Waals surface area contributed by atoms with E-state index in [1.807, 2.05) is 0 Å². The summed E-state index contributed by atoms with van der Waals surface area (Å²) in [7, 11) is 0. The zero-order valence-corrected chi connectivity index (χ0v) is 7.61. The number of rotatable bonds is 3. The van der Waals surface area contributed by atoms with E-state index in [-0.39, 0.29) is 16.5 Å². The maximum atomic E-state index is 11.1. The molecule has 0 aliphatic heterocycles. The van der Waals surface area contributed by atoms with E-state index in [1.165, 1.54) is 12.1 Å². The molecule has 72 valence electrons. The number of esters is 1. The van der Waals surface area contributed by atoms with Gasteiger partial charge >= 0.3 is 11.0 Å². The molecule has 6 nitrogen and oxygen atoms in total. The lowest BCUT2D eigenvalue weighted by Gasteiger charge is -1.93. The lowest BCUT2D eigenvalue weighted by atomic mass is 10.5. The third kappa shape index (κ3) is 2.27. The van der Waals surface area contributed by atoms with E-state index in [9.17, 15) is 14.9 Å². The van der Waals surface area contributed by atoms with Crippen LogP contribution < -0.4 is 0 Å². The third-order valence-electron chi connectivity index (χ3n) is 1.24. The minimum Gasteiger partial charge on any atom is -0.446 e. The molecule has 0 aliphatic rings. The van der Waals surface area contributed by atoms with Crippen molar-refractivity contribution in [2.45, 2.75) is 0 Å². The zero-order valence-electron chi connectivity index (χ0n) is 6.80.